The maximum atomic E-state index is 12.8. The quantitative estimate of drug-likeness (QED) is 0.600. The Balaban J connectivity index is 1.61. The smallest absolute Gasteiger partial charge is 0.253 e. The van der Waals surface area contributed by atoms with Crippen molar-refractivity contribution in [2.75, 3.05) is 26.2 Å². The predicted molar refractivity (Wildman–Crippen MR) is 122 cm³/mol. The molecule has 0 aliphatic carbocycles. The van der Waals surface area contributed by atoms with E-state index in [4.69, 9.17) is 0 Å². The van der Waals surface area contributed by atoms with E-state index in [1.54, 1.807) is 37.1 Å². The first-order valence-electron chi connectivity index (χ1n) is 11.0. The van der Waals surface area contributed by atoms with E-state index >= 15 is 0 Å². The number of hydrogen-bond donors (Lipinski definition) is 1. The third-order valence-electron chi connectivity index (χ3n) is 5.71. The van der Waals surface area contributed by atoms with E-state index in [9.17, 15) is 22.8 Å². The number of nitrogens with zero attached hydrogens (tertiary/aromatic N) is 4. The summed E-state index contributed by atoms with van der Waals surface area (Å²) in [7, 11) is -3.74. The predicted octanol–water partition coefficient (Wildman–Crippen LogP) is 0.695. The van der Waals surface area contributed by atoms with E-state index in [2.05, 4.69) is 10.3 Å². The second-order valence-corrected chi connectivity index (χ2v) is 9.73. The highest BCUT2D eigenvalue weighted by molar-refractivity contribution is 7.89. The molecule has 11 heteroatoms. The van der Waals surface area contributed by atoms with Crippen molar-refractivity contribution in [2.45, 2.75) is 44.2 Å². The fourth-order valence-electron chi connectivity index (χ4n) is 3.78. The maximum Gasteiger partial charge on any atom is 0.253 e. The van der Waals surface area contributed by atoms with Gasteiger partial charge in [0.15, 0.2) is 0 Å². The number of aromatic nitrogens is 2. The topological polar surface area (TPSA) is 122 Å². The Kier molecular flexibility index (Phi) is 7.98. The van der Waals surface area contributed by atoms with Gasteiger partial charge in [-0.15, -0.1) is 0 Å². The van der Waals surface area contributed by atoms with Crippen LogP contribution in [-0.4, -0.2) is 71.2 Å². The van der Waals surface area contributed by atoms with Crippen LogP contribution in [0.4, 0.5) is 0 Å². The lowest BCUT2D eigenvalue weighted by atomic mass is 10.0. The molecule has 10 nitrogen and oxygen atoms in total. The molecule has 1 aliphatic rings. The fourth-order valence-corrected chi connectivity index (χ4v) is 5.26. The normalized spacial score (nSPS) is 14.9. The van der Waals surface area contributed by atoms with E-state index in [0.29, 0.717) is 44.6 Å². The summed E-state index contributed by atoms with van der Waals surface area (Å²) in [6.07, 6.45) is 5.50. The molecule has 1 N–H and O–H groups in total. The van der Waals surface area contributed by atoms with Gasteiger partial charge in [-0.25, -0.2) is 8.42 Å². The third-order valence-corrected chi connectivity index (χ3v) is 7.75. The summed E-state index contributed by atoms with van der Waals surface area (Å²) in [5, 5.41) is 2.96. The van der Waals surface area contributed by atoms with Gasteiger partial charge in [0.1, 0.15) is 6.54 Å². The average Bonchev–Trinajstić information content (AvgIpc) is 2.82. The summed E-state index contributed by atoms with van der Waals surface area (Å²) in [6, 6.07) is 5.76. The number of piperidine rings is 1. The number of rotatable bonds is 8. The number of carbonyl (C=O) groups is 2. The Morgan fingerprint density at radius 1 is 1.15 bits per heavy atom. The summed E-state index contributed by atoms with van der Waals surface area (Å²) >= 11 is 0. The van der Waals surface area contributed by atoms with Gasteiger partial charge in [0, 0.05) is 56.9 Å². The second-order valence-electron chi connectivity index (χ2n) is 7.79. The molecule has 178 valence electrons. The van der Waals surface area contributed by atoms with Crippen LogP contribution in [0.15, 0.2) is 52.5 Å². The Hall–Kier alpha value is -3.05. The first-order chi connectivity index (χ1) is 15.8. The Bertz CT molecular complexity index is 1140. The Morgan fingerprint density at radius 3 is 2.45 bits per heavy atom. The van der Waals surface area contributed by atoms with Crippen LogP contribution in [0, 0.1) is 0 Å². The largest absolute Gasteiger partial charge is 0.349 e. The minimum Gasteiger partial charge on any atom is -0.349 e. The van der Waals surface area contributed by atoms with Crippen LogP contribution in [0.2, 0.25) is 0 Å². The van der Waals surface area contributed by atoms with Crippen LogP contribution in [0.3, 0.4) is 0 Å². The number of nitrogens with one attached hydrogen (secondary N) is 1. The minimum atomic E-state index is -3.74. The molecule has 0 saturated carbocycles. The van der Waals surface area contributed by atoms with Crippen molar-refractivity contribution in [3.05, 3.63) is 58.8 Å². The molecular weight excluding hydrogens is 446 g/mol. The van der Waals surface area contributed by atoms with Gasteiger partial charge >= 0.3 is 0 Å². The van der Waals surface area contributed by atoms with Crippen molar-refractivity contribution in [1.29, 1.82) is 0 Å². The van der Waals surface area contributed by atoms with Crippen LogP contribution in [0.25, 0.3) is 0 Å². The molecule has 33 heavy (non-hydrogen) atoms. The van der Waals surface area contributed by atoms with Crippen molar-refractivity contribution in [3.63, 3.8) is 0 Å². The lowest BCUT2D eigenvalue weighted by molar-refractivity contribution is -0.133. The van der Waals surface area contributed by atoms with Gasteiger partial charge < -0.3 is 14.8 Å². The lowest BCUT2D eigenvalue weighted by Gasteiger charge is -2.32. The molecule has 0 unspecified atom stereocenters. The number of amides is 2. The van der Waals surface area contributed by atoms with Crippen LogP contribution in [0.5, 0.6) is 0 Å². The Labute approximate surface area is 193 Å². The molecule has 3 heterocycles. The van der Waals surface area contributed by atoms with Gasteiger partial charge in [0.05, 0.1) is 10.5 Å². The highest BCUT2D eigenvalue weighted by atomic mass is 32.2. The standard InChI is InChI=1S/C22H29N5O5S/c1-3-27(4-2)33(31,32)19-7-8-20(28)26(15-19)16-21(29)25-12-9-18(10-13-25)24-22(30)17-6-5-11-23-14-17/h5-8,11,14-15,18H,3-4,9-10,12-13,16H2,1-2H3,(H,24,30). The van der Waals surface area contributed by atoms with Gasteiger partial charge in [-0.3, -0.25) is 19.4 Å². The zero-order valence-electron chi connectivity index (χ0n) is 18.8. The van der Waals surface area contributed by atoms with Crippen LogP contribution < -0.4 is 10.9 Å². The van der Waals surface area contributed by atoms with Gasteiger partial charge in [-0.05, 0) is 31.0 Å². The molecule has 1 fully saturated rings. The molecule has 0 radical (unpaired) electrons. The van der Waals surface area contributed by atoms with Gasteiger partial charge in [-0.2, -0.15) is 4.31 Å². The van der Waals surface area contributed by atoms with Gasteiger partial charge in [0.25, 0.3) is 11.5 Å². The van der Waals surface area contributed by atoms with E-state index in [0.717, 1.165) is 4.57 Å². The van der Waals surface area contributed by atoms with Crippen LogP contribution in [-0.2, 0) is 21.4 Å². The van der Waals surface area contributed by atoms with E-state index in [1.807, 2.05) is 0 Å². The van der Waals surface area contributed by atoms with Crippen molar-refractivity contribution < 1.29 is 18.0 Å². The molecule has 0 bridgehead atoms. The van der Waals surface area contributed by atoms with Crippen molar-refractivity contribution >= 4 is 21.8 Å². The van der Waals surface area contributed by atoms with E-state index < -0.39 is 15.6 Å². The molecule has 3 rings (SSSR count). The van der Waals surface area contributed by atoms with Crippen molar-refractivity contribution in [3.8, 4) is 0 Å². The third kappa shape index (κ3) is 5.85. The first kappa shape index (κ1) is 24.6. The zero-order valence-corrected chi connectivity index (χ0v) is 19.6. The second kappa shape index (κ2) is 10.7. The molecule has 2 aromatic rings. The molecule has 1 aliphatic heterocycles. The number of hydrogen-bond acceptors (Lipinski definition) is 6. The summed E-state index contributed by atoms with van der Waals surface area (Å²) in [6.45, 7) is 4.72. The molecule has 0 aromatic carbocycles. The highest BCUT2D eigenvalue weighted by Crippen LogP contribution is 2.15. The monoisotopic (exact) mass is 475 g/mol. The summed E-state index contributed by atoms with van der Waals surface area (Å²) in [4.78, 5) is 42.9. The summed E-state index contributed by atoms with van der Waals surface area (Å²) in [5.41, 5.74) is 0.0374. The number of pyridine rings is 2. The molecule has 0 atom stereocenters. The first-order valence-corrected chi connectivity index (χ1v) is 12.4. The van der Waals surface area contributed by atoms with Crippen molar-refractivity contribution in [1.82, 2.24) is 24.1 Å². The van der Waals surface area contributed by atoms with Crippen LogP contribution >= 0.6 is 0 Å². The SMILES string of the molecule is CCN(CC)S(=O)(=O)c1ccc(=O)n(CC(=O)N2CCC(NC(=O)c3cccnc3)CC2)c1. The molecule has 1 saturated heterocycles. The number of sulfonamides is 1. The molecule has 0 spiro atoms. The fraction of sp³-hybridized carbons (Fsp3) is 0.455. The average molecular weight is 476 g/mol. The van der Waals surface area contributed by atoms with Crippen molar-refractivity contribution in [2.24, 2.45) is 0 Å². The number of likely N-dealkylation sites (tertiary alicyclic amines) is 1. The van der Waals surface area contributed by atoms with Crippen LogP contribution in [0.1, 0.15) is 37.0 Å². The number of carbonyl (C=O) groups excluding carboxylic acids is 2. The van der Waals surface area contributed by atoms with Gasteiger partial charge in [0.2, 0.25) is 15.9 Å². The van der Waals surface area contributed by atoms with E-state index in [1.165, 1.54) is 28.8 Å². The highest BCUT2D eigenvalue weighted by Gasteiger charge is 2.26. The lowest BCUT2D eigenvalue weighted by Crippen LogP contribution is -2.47. The molecule has 2 amide bonds. The van der Waals surface area contributed by atoms with E-state index in [-0.39, 0.29) is 29.3 Å². The molecule has 2 aromatic heterocycles. The molecular formula is C22H29N5O5S. The summed E-state index contributed by atoms with van der Waals surface area (Å²) < 4.78 is 27.9. The summed E-state index contributed by atoms with van der Waals surface area (Å²) in [5.74, 6) is -0.475. The van der Waals surface area contributed by atoms with Gasteiger partial charge in [-0.1, -0.05) is 13.8 Å². The maximum absolute atomic E-state index is 12.8. The minimum absolute atomic E-state index is 0.0181. The Morgan fingerprint density at radius 2 is 1.85 bits per heavy atom. The zero-order chi connectivity index (χ0) is 24.0.